The van der Waals surface area contributed by atoms with E-state index in [1.807, 2.05) is 7.05 Å². The third kappa shape index (κ3) is 3.43. The number of ether oxygens (including phenoxy) is 1. The number of rotatable bonds is 5. The van der Waals surface area contributed by atoms with Crippen molar-refractivity contribution in [3.05, 3.63) is 35.4 Å². The van der Waals surface area contributed by atoms with E-state index in [9.17, 15) is 4.79 Å². The van der Waals surface area contributed by atoms with Crippen LogP contribution < -0.4 is 5.32 Å². The van der Waals surface area contributed by atoms with Crippen LogP contribution in [0.15, 0.2) is 24.3 Å². The normalized spacial score (nSPS) is 22.9. The smallest absolute Gasteiger partial charge is 0.144 e. The summed E-state index contributed by atoms with van der Waals surface area (Å²) in [7, 11) is 1.89. The summed E-state index contributed by atoms with van der Waals surface area (Å²) in [4.78, 5) is 12.3. The first-order valence-corrected chi connectivity index (χ1v) is 6.98. The van der Waals surface area contributed by atoms with Crippen molar-refractivity contribution in [1.29, 1.82) is 0 Å². The molecule has 1 aliphatic heterocycles. The Kier molecular flexibility index (Phi) is 4.72. The van der Waals surface area contributed by atoms with E-state index in [-0.39, 0.29) is 17.7 Å². The van der Waals surface area contributed by atoms with Gasteiger partial charge in [0.25, 0.3) is 0 Å². The highest BCUT2D eigenvalue weighted by atomic mass is 16.5. The van der Waals surface area contributed by atoms with Crippen LogP contribution in [0.25, 0.3) is 0 Å². The molecule has 2 atom stereocenters. The number of nitrogens with one attached hydrogen (secondary N) is 1. The summed E-state index contributed by atoms with van der Waals surface area (Å²) in [5.74, 6) is 0.797. The molecule has 1 fully saturated rings. The SMILES string of the molecule is CNC1COCC1C(=O)Cc1ccc(C(C)C)cc1. The maximum atomic E-state index is 12.3. The zero-order chi connectivity index (χ0) is 13.8. The van der Waals surface area contributed by atoms with E-state index >= 15 is 0 Å². The lowest BCUT2D eigenvalue weighted by atomic mass is 9.93. The molecule has 3 nitrogen and oxygen atoms in total. The minimum Gasteiger partial charge on any atom is -0.379 e. The first-order chi connectivity index (χ1) is 9.11. The highest BCUT2D eigenvalue weighted by Crippen LogP contribution is 2.19. The number of benzene rings is 1. The topological polar surface area (TPSA) is 38.3 Å². The lowest BCUT2D eigenvalue weighted by Crippen LogP contribution is -2.37. The summed E-state index contributed by atoms with van der Waals surface area (Å²) in [5.41, 5.74) is 2.41. The van der Waals surface area contributed by atoms with Crippen LogP contribution in [0.3, 0.4) is 0 Å². The summed E-state index contributed by atoms with van der Waals surface area (Å²) >= 11 is 0. The number of ketones is 1. The monoisotopic (exact) mass is 261 g/mol. The van der Waals surface area contributed by atoms with Gasteiger partial charge < -0.3 is 10.1 Å². The molecule has 19 heavy (non-hydrogen) atoms. The van der Waals surface area contributed by atoms with Crippen LogP contribution in [-0.2, 0) is 16.0 Å². The van der Waals surface area contributed by atoms with Gasteiger partial charge in [0, 0.05) is 12.5 Å². The van der Waals surface area contributed by atoms with E-state index in [2.05, 4.69) is 43.4 Å². The van der Waals surface area contributed by atoms with E-state index in [4.69, 9.17) is 4.74 Å². The molecule has 0 saturated carbocycles. The number of Topliss-reactive ketones (excluding diaryl/α,β-unsaturated/α-hetero) is 1. The predicted molar refractivity (Wildman–Crippen MR) is 76.4 cm³/mol. The van der Waals surface area contributed by atoms with Gasteiger partial charge >= 0.3 is 0 Å². The molecule has 0 aromatic heterocycles. The van der Waals surface area contributed by atoms with E-state index in [1.165, 1.54) is 5.56 Å². The summed E-state index contributed by atoms with van der Waals surface area (Å²) < 4.78 is 5.39. The van der Waals surface area contributed by atoms with Crippen LogP contribution in [0.2, 0.25) is 0 Å². The Balaban J connectivity index is 1.98. The molecule has 1 N–H and O–H groups in total. The Morgan fingerprint density at radius 1 is 1.32 bits per heavy atom. The summed E-state index contributed by atoms with van der Waals surface area (Å²) in [6.45, 7) is 5.54. The second-order valence-electron chi connectivity index (χ2n) is 5.58. The highest BCUT2D eigenvalue weighted by Gasteiger charge is 2.32. The van der Waals surface area contributed by atoms with E-state index < -0.39 is 0 Å². The standard InChI is InChI=1S/C16H23NO2/c1-11(2)13-6-4-12(5-7-13)8-16(18)14-9-19-10-15(14)17-3/h4-7,11,14-15,17H,8-10H2,1-3H3. The molecule has 0 aliphatic carbocycles. The third-order valence-corrected chi connectivity index (χ3v) is 3.89. The molecule has 0 amide bonds. The van der Waals surface area contributed by atoms with E-state index in [0.717, 1.165) is 5.56 Å². The minimum absolute atomic E-state index is 0.00484. The lowest BCUT2D eigenvalue weighted by molar-refractivity contribution is -0.122. The summed E-state index contributed by atoms with van der Waals surface area (Å²) in [5, 5.41) is 3.16. The van der Waals surface area contributed by atoms with Gasteiger partial charge in [-0.3, -0.25) is 4.79 Å². The summed E-state index contributed by atoms with van der Waals surface area (Å²) in [6, 6.07) is 8.54. The van der Waals surface area contributed by atoms with Crippen LogP contribution in [-0.4, -0.2) is 32.1 Å². The second-order valence-corrected chi connectivity index (χ2v) is 5.58. The van der Waals surface area contributed by atoms with Crippen molar-refractivity contribution >= 4 is 5.78 Å². The summed E-state index contributed by atoms with van der Waals surface area (Å²) in [6.07, 6.45) is 0.505. The van der Waals surface area contributed by atoms with Gasteiger partial charge in [-0.1, -0.05) is 38.1 Å². The van der Waals surface area contributed by atoms with Crippen LogP contribution in [0.1, 0.15) is 30.9 Å². The fourth-order valence-corrected chi connectivity index (χ4v) is 2.51. The Bertz CT molecular complexity index is 425. The molecule has 3 heteroatoms. The molecule has 0 spiro atoms. The number of likely N-dealkylation sites (N-methyl/N-ethyl adjacent to an activating group) is 1. The van der Waals surface area contributed by atoms with Crippen molar-refractivity contribution in [3.8, 4) is 0 Å². The number of hydrogen-bond donors (Lipinski definition) is 1. The van der Waals surface area contributed by atoms with Gasteiger partial charge in [-0.15, -0.1) is 0 Å². The Hall–Kier alpha value is -1.19. The van der Waals surface area contributed by atoms with Crippen molar-refractivity contribution in [3.63, 3.8) is 0 Å². The third-order valence-electron chi connectivity index (χ3n) is 3.89. The Labute approximate surface area is 115 Å². The minimum atomic E-state index is -0.00484. The van der Waals surface area contributed by atoms with Gasteiger partial charge in [-0.05, 0) is 24.1 Å². The molecule has 104 valence electrons. The zero-order valence-electron chi connectivity index (χ0n) is 12.0. The average Bonchev–Trinajstić information content (AvgIpc) is 2.87. The molecule has 1 aliphatic rings. The van der Waals surface area contributed by atoms with Crippen molar-refractivity contribution in [2.75, 3.05) is 20.3 Å². The second kappa shape index (κ2) is 6.31. The first kappa shape index (κ1) is 14.2. The molecular formula is C16H23NO2. The average molecular weight is 261 g/mol. The van der Waals surface area contributed by atoms with Gasteiger partial charge in [-0.25, -0.2) is 0 Å². The first-order valence-electron chi connectivity index (χ1n) is 6.98. The molecule has 2 rings (SSSR count). The van der Waals surface area contributed by atoms with Crippen molar-refractivity contribution in [2.45, 2.75) is 32.2 Å². The quantitative estimate of drug-likeness (QED) is 0.882. The number of carbonyl (C=O) groups excluding carboxylic acids is 1. The molecule has 2 unspecified atom stereocenters. The molecule has 1 aromatic carbocycles. The molecule has 1 saturated heterocycles. The van der Waals surface area contributed by atoms with Gasteiger partial charge in [0.2, 0.25) is 0 Å². The van der Waals surface area contributed by atoms with Crippen molar-refractivity contribution < 1.29 is 9.53 Å². The van der Waals surface area contributed by atoms with Crippen LogP contribution in [0.4, 0.5) is 0 Å². The van der Waals surface area contributed by atoms with Crippen LogP contribution in [0, 0.1) is 5.92 Å². The maximum Gasteiger partial charge on any atom is 0.144 e. The lowest BCUT2D eigenvalue weighted by Gasteiger charge is -2.15. The van der Waals surface area contributed by atoms with E-state index in [1.54, 1.807) is 0 Å². The highest BCUT2D eigenvalue weighted by molar-refractivity contribution is 5.84. The van der Waals surface area contributed by atoms with Gasteiger partial charge in [-0.2, -0.15) is 0 Å². The largest absolute Gasteiger partial charge is 0.379 e. The van der Waals surface area contributed by atoms with Gasteiger partial charge in [0.15, 0.2) is 0 Å². The van der Waals surface area contributed by atoms with Crippen LogP contribution >= 0.6 is 0 Å². The van der Waals surface area contributed by atoms with E-state index in [0.29, 0.717) is 25.6 Å². The maximum absolute atomic E-state index is 12.3. The fourth-order valence-electron chi connectivity index (χ4n) is 2.51. The molecular weight excluding hydrogens is 238 g/mol. The number of hydrogen-bond acceptors (Lipinski definition) is 3. The Morgan fingerprint density at radius 3 is 2.58 bits per heavy atom. The fraction of sp³-hybridized carbons (Fsp3) is 0.562. The number of carbonyl (C=O) groups is 1. The van der Waals surface area contributed by atoms with Crippen LogP contribution in [0.5, 0.6) is 0 Å². The van der Waals surface area contributed by atoms with Crippen molar-refractivity contribution in [1.82, 2.24) is 5.32 Å². The Morgan fingerprint density at radius 2 is 2.00 bits per heavy atom. The molecule has 0 bridgehead atoms. The van der Waals surface area contributed by atoms with Gasteiger partial charge in [0.1, 0.15) is 5.78 Å². The molecule has 1 heterocycles. The van der Waals surface area contributed by atoms with Gasteiger partial charge in [0.05, 0.1) is 19.1 Å². The zero-order valence-corrected chi connectivity index (χ0v) is 12.0. The van der Waals surface area contributed by atoms with Crippen molar-refractivity contribution in [2.24, 2.45) is 5.92 Å². The molecule has 1 aromatic rings. The molecule has 0 radical (unpaired) electrons. The predicted octanol–water partition coefficient (Wildman–Crippen LogP) is 2.16.